The fourth-order valence-electron chi connectivity index (χ4n) is 1.06. The Hall–Kier alpha value is -0.580. The molecule has 0 bridgehead atoms. The summed E-state index contributed by atoms with van der Waals surface area (Å²) >= 11 is 10.6. The second-order valence-corrected chi connectivity index (χ2v) is 5.02. The second-order valence-electron chi connectivity index (χ2n) is 2.95. The zero-order valence-electron chi connectivity index (χ0n) is 7.83. The third-order valence-corrected chi connectivity index (χ3v) is 3.46. The van der Waals surface area contributed by atoms with Crippen LogP contribution in [0.15, 0.2) is 28.2 Å². The minimum Gasteiger partial charge on any atom is -0.431 e. The largest absolute Gasteiger partial charge is 0.431 e. The number of hydrogen-bond donors (Lipinski definition) is 0. The predicted octanol–water partition coefficient (Wildman–Crippen LogP) is 4.66. The van der Waals surface area contributed by atoms with Gasteiger partial charge in [0.05, 0.1) is 0 Å². The fraction of sp³-hybridized carbons (Fsp3) is 0.100. The van der Waals surface area contributed by atoms with Crippen molar-refractivity contribution in [3.63, 3.8) is 0 Å². The molecule has 0 fully saturated rings. The molecule has 1 aromatic carbocycles. The molecule has 2 aromatic rings. The Bertz CT molecular complexity index is 486. The molecular weight excluding hydrogens is 298 g/mol. The summed E-state index contributed by atoms with van der Waals surface area (Å²) in [5, 5.41) is 3.13. The molecule has 0 unspecified atom stereocenters. The van der Waals surface area contributed by atoms with Crippen LogP contribution in [-0.2, 0) is 0 Å². The zero-order chi connectivity index (χ0) is 10.8. The van der Waals surface area contributed by atoms with Gasteiger partial charge >= 0.3 is 0 Å². The van der Waals surface area contributed by atoms with E-state index in [-0.39, 0.29) is 0 Å². The van der Waals surface area contributed by atoms with Crippen LogP contribution in [0.2, 0.25) is 5.02 Å². The van der Waals surface area contributed by atoms with E-state index < -0.39 is 0 Å². The van der Waals surface area contributed by atoms with Crippen LogP contribution in [0.5, 0.6) is 10.9 Å². The van der Waals surface area contributed by atoms with E-state index in [1.54, 1.807) is 6.07 Å². The van der Waals surface area contributed by atoms with E-state index in [9.17, 15) is 0 Å². The number of nitrogens with zero attached hydrogens (tertiary/aromatic N) is 1. The van der Waals surface area contributed by atoms with Crippen LogP contribution in [0.25, 0.3) is 0 Å². The van der Waals surface area contributed by atoms with Crippen molar-refractivity contribution in [2.45, 2.75) is 6.92 Å². The molecule has 5 heteroatoms. The Morgan fingerprint density at radius 2 is 2.27 bits per heavy atom. The smallest absolute Gasteiger partial charge is 0.279 e. The van der Waals surface area contributed by atoms with Crippen molar-refractivity contribution in [1.82, 2.24) is 4.98 Å². The summed E-state index contributed by atoms with van der Waals surface area (Å²) in [6.45, 7) is 1.97. The van der Waals surface area contributed by atoms with Gasteiger partial charge < -0.3 is 4.74 Å². The maximum absolute atomic E-state index is 5.88. The van der Waals surface area contributed by atoms with Crippen molar-refractivity contribution >= 4 is 38.9 Å². The standard InChI is InChI=1S/C10H7BrClNOS/c1-6-2-3-7(12)4-8(6)14-10-13-9(11)5-15-10/h2-5H,1H3. The summed E-state index contributed by atoms with van der Waals surface area (Å²) < 4.78 is 6.38. The van der Waals surface area contributed by atoms with Crippen molar-refractivity contribution in [3.8, 4) is 10.9 Å². The summed E-state index contributed by atoms with van der Waals surface area (Å²) in [4.78, 5) is 4.15. The van der Waals surface area contributed by atoms with Gasteiger partial charge in [0.1, 0.15) is 10.4 Å². The third kappa shape index (κ3) is 2.71. The number of halogens is 2. The Morgan fingerprint density at radius 3 is 2.93 bits per heavy atom. The quantitative estimate of drug-likeness (QED) is 0.805. The fourth-order valence-corrected chi connectivity index (χ4v) is 2.32. The normalized spacial score (nSPS) is 10.3. The lowest BCUT2D eigenvalue weighted by molar-refractivity contribution is 0.474. The molecule has 1 heterocycles. The van der Waals surface area contributed by atoms with Gasteiger partial charge in [0.15, 0.2) is 0 Å². The molecule has 0 aliphatic carbocycles. The number of aromatic nitrogens is 1. The van der Waals surface area contributed by atoms with Crippen molar-refractivity contribution in [3.05, 3.63) is 38.8 Å². The van der Waals surface area contributed by atoms with Crippen LogP contribution in [0.1, 0.15) is 5.56 Å². The molecule has 0 aliphatic rings. The molecular formula is C10H7BrClNOS. The van der Waals surface area contributed by atoms with E-state index in [0.29, 0.717) is 10.2 Å². The Kier molecular flexibility index (Phi) is 3.29. The first-order chi connectivity index (χ1) is 7.15. The van der Waals surface area contributed by atoms with Crippen molar-refractivity contribution < 1.29 is 4.74 Å². The predicted molar refractivity (Wildman–Crippen MR) is 66.1 cm³/mol. The first-order valence-corrected chi connectivity index (χ1v) is 6.25. The summed E-state index contributed by atoms with van der Waals surface area (Å²) in [6, 6.07) is 5.54. The lowest BCUT2D eigenvalue weighted by atomic mass is 10.2. The van der Waals surface area contributed by atoms with E-state index in [4.69, 9.17) is 16.3 Å². The van der Waals surface area contributed by atoms with Gasteiger partial charge in [0.2, 0.25) is 0 Å². The lowest BCUT2D eigenvalue weighted by Crippen LogP contribution is -1.86. The number of thiazole rings is 1. The molecule has 0 atom stereocenters. The summed E-state index contributed by atoms with van der Waals surface area (Å²) in [6.07, 6.45) is 0. The molecule has 0 N–H and O–H groups in total. The Morgan fingerprint density at radius 1 is 1.47 bits per heavy atom. The van der Waals surface area contributed by atoms with Crippen molar-refractivity contribution in [2.75, 3.05) is 0 Å². The summed E-state index contributed by atoms with van der Waals surface area (Å²) in [7, 11) is 0. The van der Waals surface area contributed by atoms with Gasteiger partial charge in [-0.05, 0) is 40.5 Å². The highest BCUT2D eigenvalue weighted by Gasteiger charge is 2.05. The third-order valence-electron chi connectivity index (χ3n) is 1.80. The Labute approximate surface area is 105 Å². The monoisotopic (exact) mass is 303 g/mol. The van der Waals surface area contributed by atoms with Gasteiger partial charge in [0, 0.05) is 10.4 Å². The summed E-state index contributed by atoms with van der Waals surface area (Å²) in [5.74, 6) is 0.740. The molecule has 0 saturated heterocycles. The van der Waals surface area contributed by atoms with Gasteiger partial charge in [-0.1, -0.05) is 29.0 Å². The molecule has 2 nitrogen and oxygen atoms in total. The van der Waals surface area contributed by atoms with E-state index in [0.717, 1.165) is 15.9 Å². The second kappa shape index (κ2) is 4.51. The number of hydrogen-bond acceptors (Lipinski definition) is 3. The van der Waals surface area contributed by atoms with Crippen LogP contribution in [0.3, 0.4) is 0 Å². The highest BCUT2D eigenvalue weighted by molar-refractivity contribution is 9.10. The van der Waals surface area contributed by atoms with Crippen LogP contribution >= 0.6 is 38.9 Å². The molecule has 0 saturated carbocycles. The average molecular weight is 305 g/mol. The first kappa shape index (κ1) is 10.9. The van der Waals surface area contributed by atoms with Crippen LogP contribution in [0.4, 0.5) is 0 Å². The average Bonchev–Trinajstić information content (AvgIpc) is 2.58. The molecule has 1 aromatic heterocycles. The van der Waals surface area contributed by atoms with Gasteiger partial charge in [0.25, 0.3) is 5.19 Å². The molecule has 0 aliphatic heterocycles. The lowest BCUT2D eigenvalue weighted by Gasteiger charge is -2.05. The zero-order valence-corrected chi connectivity index (χ0v) is 11.0. The first-order valence-electron chi connectivity index (χ1n) is 4.20. The van der Waals surface area contributed by atoms with E-state index in [1.165, 1.54) is 11.3 Å². The molecule has 78 valence electrons. The van der Waals surface area contributed by atoms with Crippen LogP contribution < -0.4 is 4.74 Å². The summed E-state index contributed by atoms with van der Waals surface area (Å²) in [5.41, 5.74) is 1.03. The molecule has 0 radical (unpaired) electrons. The van der Waals surface area contributed by atoms with Gasteiger partial charge in [-0.15, -0.1) is 0 Å². The minimum atomic E-state index is 0.604. The number of aryl methyl sites for hydroxylation is 1. The molecule has 0 amide bonds. The van der Waals surface area contributed by atoms with Gasteiger partial charge in [-0.2, -0.15) is 4.98 Å². The minimum absolute atomic E-state index is 0.604. The van der Waals surface area contributed by atoms with Crippen molar-refractivity contribution in [1.29, 1.82) is 0 Å². The maximum atomic E-state index is 5.88. The van der Waals surface area contributed by atoms with E-state index in [2.05, 4.69) is 20.9 Å². The van der Waals surface area contributed by atoms with E-state index in [1.807, 2.05) is 24.4 Å². The Balaban J connectivity index is 2.27. The van der Waals surface area contributed by atoms with Crippen LogP contribution in [0, 0.1) is 6.92 Å². The molecule has 2 rings (SSSR count). The molecule has 0 spiro atoms. The highest BCUT2D eigenvalue weighted by Crippen LogP contribution is 2.30. The topological polar surface area (TPSA) is 22.1 Å². The van der Waals surface area contributed by atoms with E-state index >= 15 is 0 Å². The van der Waals surface area contributed by atoms with Gasteiger partial charge in [-0.25, -0.2) is 0 Å². The van der Waals surface area contributed by atoms with Gasteiger partial charge in [-0.3, -0.25) is 0 Å². The SMILES string of the molecule is Cc1ccc(Cl)cc1Oc1nc(Br)cs1. The maximum Gasteiger partial charge on any atom is 0.279 e. The molecule has 15 heavy (non-hydrogen) atoms. The van der Waals surface area contributed by atoms with Crippen LogP contribution in [-0.4, -0.2) is 4.98 Å². The number of benzene rings is 1. The highest BCUT2D eigenvalue weighted by atomic mass is 79.9. The number of rotatable bonds is 2. The number of ether oxygens (including phenoxy) is 1. The van der Waals surface area contributed by atoms with Crippen molar-refractivity contribution in [2.24, 2.45) is 0 Å².